The Bertz CT molecular complexity index is 604. The molecule has 1 aliphatic heterocycles. The molecule has 1 heterocycles. The van der Waals surface area contributed by atoms with Crippen LogP contribution in [0.4, 0.5) is 0 Å². The molecule has 0 spiro atoms. The molecule has 23 heavy (non-hydrogen) atoms. The lowest BCUT2D eigenvalue weighted by Crippen LogP contribution is -2.19. The van der Waals surface area contributed by atoms with Gasteiger partial charge in [0, 0.05) is 6.61 Å². The summed E-state index contributed by atoms with van der Waals surface area (Å²) in [4.78, 5) is 11.0. The Balaban J connectivity index is 2.00. The molecule has 1 aliphatic rings. The number of hydrogen-bond acceptors (Lipinski definition) is 7. The standard InChI is InChI=1S/C15H19N3O4S/c1-3-21-6-7-22-13-8-11(4-5-12(13)20-2)9-16-18-15-17-14(19)10-23-15/h4-5,8-9H,3,6-7,10H2,1-2H3,(H,17,18,19). The number of carbonyl (C=O) groups excluding carboxylic acids is 1. The molecule has 0 bridgehead atoms. The van der Waals surface area contributed by atoms with Crippen LogP contribution in [-0.4, -0.2) is 50.0 Å². The largest absolute Gasteiger partial charge is 0.493 e. The average molecular weight is 337 g/mol. The third kappa shape index (κ3) is 5.57. The Morgan fingerprint density at radius 2 is 2.22 bits per heavy atom. The maximum atomic E-state index is 11.0. The van der Waals surface area contributed by atoms with E-state index in [0.717, 1.165) is 5.56 Å². The molecule has 1 aromatic carbocycles. The highest BCUT2D eigenvalue weighted by molar-refractivity contribution is 8.15. The number of ether oxygens (including phenoxy) is 3. The third-order valence-electron chi connectivity index (χ3n) is 2.82. The molecule has 124 valence electrons. The van der Waals surface area contributed by atoms with Crippen LogP contribution in [0.15, 0.2) is 28.4 Å². The van der Waals surface area contributed by atoms with Crippen molar-refractivity contribution in [2.24, 2.45) is 10.2 Å². The second-order valence-electron chi connectivity index (χ2n) is 4.44. The lowest BCUT2D eigenvalue weighted by atomic mass is 10.2. The van der Waals surface area contributed by atoms with Crippen LogP contribution in [0.5, 0.6) is 11.5 Å². The second-order valence-corrected chi connectivity index (χ2v) is 5.41. The van der Waals surface area contributed by atoms with Crippen molar-refractivity contribution in [2.45, 2.75) is 6.92 Å². The summed E-state index contributed by atoms with van der Waals surface area (Å²) in [5, 5.41) is 11.0. The van der Waals surface area contributed by atoms with E-state index < -0.39 is 0 Å². The number of amidine groups is 1. The molecule has 0 unspecified atom stereocenters. The minimum Gasteiger partial charge on any atom is -0.493 e. The summed E-state index contributed by atoms with van der Waals surface area (Å²) in [5.41, 5.74) is 0.816. The summed E-state index contributed by atoms with van der Waals surface area (Å²) in [7, 11) is 1.59. The van der Waals surface area contributed by atoms with Gasteiger partial charge in [-0.15, -0.1) is 5.10 Å². The van der Waals surface area contributed by atoms with Crippen molar-refractivity contribution in [1.82, 2.24) is 5.32 Å². The number of carbonyl (C=O) groups is 1. The molecule has 2 rings (SSSR count). The van der Waals surface area contributed by atoms with Gasteiger partial charge >= 0.3 is 0 Å². The highest BCUT2D eigenvalue weighted by Gasteiger charge is 2.15. The highest BCUT2D eigenvalue weighted by Crippen LogP contribution is 2.27. The van der Waals surface area contributed by atoms with Crippen LogP contribution in [0.25, 0.3) is 0 Å². The first-order valence-corrected chi connectivity index (χ1v) is 8.13. The zero-order chi connectivity index (χ0) is 16.5. The molecule has 0 radical (unpaired) electrons. The summed E-state index contributed by atoms with van der Waals surface area (Å²) in [6, 6.07) is 5.46. The monoisotopic (exact) mass is 337 g/mol. The van der Waals surface area contributed by atoms with Gasteiger partial charge in [-0.1, -0.05) is 11.8 Å². The summed E-state index contributed by atoms with van der Waals surface area (Å²) in [6.07, 6.45) is 1.59. The zero-order valence-corrected chi connectivity index (χ0v) is 13.9. The van der Waals surface area contributed by atoms with E-state index in [4.69, 9.17) is 14.2 Å². The van der Waals surface area contributed by atoms with Crippen LogP contribution < -0.4 is 14.8 Å². The van der Waals surface area contributed by atoms with E-state index in [9.17, 15) is 4.79 Å². The molecule has 0 saturated carbocycles. The number of benzene rings is 1. The molecule has 1 aromatic rings. The topological polar surface area (TPSA) is 81.5 Å². The minimum absolute atomic E-state index is 0.0571. The quantitative estimate of drug-likeness (QED) is 0.443. The number of rotatable bonds is 8. The number of thioether (sulfide) groups is 1. The second kappa shape index (κ2) is 9.16. The van der Waals surface area contributed by atoms with E-state index in [1.54, 1.807) is 19.4 Å². The fourth-order valence-corrected chi connectivity index (χ4v) is 2.40. The first-order valence-electron chi connectivity index (χ1n) is 7.15. The van der Waals surface area contributed by atoms with Crippen LogP contribution in [-0.2, 0) is 9.53 Å². The van der Waals surface area contributed by atoms with Crippen molar-refractivity contribution in [3.8, 4) is 11.5 Å². The normalized spacial score (nSPS) is 16.1. The van der Waals surface area contributed by atoms with Crippen molar-refractivity contribution < 1.29 is 19.0 Å². The Kier molecular flexibility index (Phi) is 6.89. The predicted octanol–water partition coefficient (Wildman–Crippen LogP) is 1.66. The molecule has 1 fully saturated rings. The smallest absolute Gasteiger partial charge is 0.236 e. The Hall–Kier alpha value is -2.06. The van der Waals surface area contributed by atoms with E-state index in [-0.39, 0.29) is 5.91 Å². The molecule has 7 nitrogen and oxygen atoms in total. The number of nitrogens with zero attached hydrogens (tertiary/aromatic N) is 2. The molecule has 0 atom stereocenters. The summed E-state index contributed by atoms with van der Waals surface area (Å²) < 4.78 is 16.2. The van der Waals surface area contributed by atoms with Crippen LogP contribution >= 0.6 is 11.8 Å². The lowest BCUT2D eigenvalue weighted by molar-refractivity contribution is -0.116. The van der Waals surface area contributed by atoms with Gasteiger partial charge in [0.25, 0.3) is 0 Å². The van der Waals surface area contributed by atoms with Gasteiger partial charge in [0.15, 0.2) is 16.7 Å². The average Bonchev–Trinajstić information content (AvgIpc) is 2.97. The fraction of sp³-hybridized carbons (Fsp3) is 0.400. The third-order valence-corrected chi connectivity index (χ3v) is 3.68. The van der Waals surface area contributed by atoms with Crippen LogP contribution in [0.1, 0.15) is 12.5 Å². The first kappa shape index (κ1) is 17.3. The summed E-state index contributed by atoms with van der Waals surface area (Å²) >= 11 is 1.33. The number of methoxy groups -OCH3 is 1. The Morgan fingerprint density at radius 3 is 2.91 bits per heavy atom. The van der Waals surface area contributed by atoms with Gasteiger partial charge in [-0.2, -0.15) is 5.10 Å². The van der Waals surface area contributed by atoms with Crippen molar-refractivity contribution in [3.63, 3.8) is 0 Å². The zero-order valence-electron chi connectivity index (χ0n) is 13.1. The molecular formula is C15H19N3O4S. The van der Waals surface area contributed by atoms with Crippen molar-refractivity contribution in [2.75, 3.05) is 32.7 Å². The van der Waals surface area contributed by atoms with E-state index in [1.807, 2.05) is 19.1 Å². The van der Waals surface area contributed by atoms with E-state index >= 15 is 0 Å². The molecule has 1 saturated heterocycles. The van der Waals surface area contributed by atoms with Gasteiger partial charge in [-0.25, -0.2) is 0 Å². The van der Waals surface area contributed by atoms with Gasteiger partial charge in [0.2, 0.25) is 5.91 Å². The molecular weight excluding hydrogens is 318 g/mol. The van der Waals surface area contributed by atoms with Gasteiger partial charge in [0.1, 0.15) is 6.61 Å². The van der Waals surface area contributed by atoms with Gasteiger partial charge in [0.05, 0.1) is 25.7 Å². The van der Waals surface area contributed by atoms with E-state index in [1.165, 1.54) is 11.8 Å². The van der Waals surface area contributed by atoms with Crippen LogP contribution in [0.2, 0.25) is 0 Å². The molecule has 0 aliphatic carbocycles. The first-order chi connectivity index (χ1) is 11.2. The summed E-state index contributed by atoms with van der Waals surface area (Å²) in [5.74, 6) is 1.59. The van der Waals surface area contributed by atoms with Crippen LogP contribution in [0, 0.1) is 0 Å². The molecule has 1 amide bonds. The Morgan fingerprint density at radius 1 is 1.35 bits per heavy atom. The van der Waals surface area contributed by atoms with Crippen LogP contribution in [0.3, 0.4) is 0 Å². The highest BCUT2D eigenvalue weighted by atomic mass is 32.2. The van der Waals surface area contributed by atoms with Crippen molar-refractivity contribution in [3.05, 3.63) is 23.8 Å². The van der Waals surface area contributed by atoms with Gasteiger partial charge in [-0.05, 0) is 30.7 Å². The number of nitrogens with one attached hydrogen (secondary N) is 1. The number of amides is 1. The lowest BCUT2D eigenvalue weighted by Gasteiger charge is -2.11. The SMILES string of the molecule is CCOCCOc1cc(C=NN=C2NC(=O)CS2)ccc1OC. The van der Waals surface area contributed by atoms with Gasteiger partial charge in [-0.3, -0.25) is 4.79 Å². The predicted molar refractivity (Wildman–Crippen MR) is 90.6 cm³/mol. The van der Waals surface area contributed by atoms with E-state index in [0.29, 0.717) is 42.2 Å². The van der Waals surface area contributed by atoms with Crippen molar-refractivity contribution >= 4 is 29.1 Å². The van der Waals surface area contributed by atoms with Crippen molar-refractivity contribution in [1.29, 1.82) is 0 Å². The maximum Gasteiger partial charge on any atom is 0.236 e. The maximum absolute atomic E-state index is 11.0. The van der Waals surface area contributed by atoms with E-state index in [2.05, 4.69) is 15.5 Å². The fourth-order valence-electron chi connectivity index (χ4n) is 1.77. The number of hydrogen-bond donors (Lipinski definition) is 1. The molecule has 1 N–H and O–H groups in total. The Labute approximate surface area is 139 Å². The van der Waals surface area contributed by atoms with Gasteiger partial charge < -0.3 is 19.5 Å². The molecule has 8 heteroatoms. The minimum atomic E-state index is -0.0571. The summed E-state index contributed by atoms with van der Waals surface area (Å²) in [6.45, 7) is 3.55. The molecule has 0 aromatic heterocycles.